The maximum absolute atomic E-state index is 11.9. The molecule has 0 bridgehead atoms. The van der Waals surface area contributed by atoms with Gasteiger partial charge >= 0.3 is 5.97 Å². The molecular weight excluding hydrogens is 302 g/mol. The SMILES string of the molecule is CCOC(=O)Cn1c(-c2ccccc2Cl)nc2cccnc21. The molecule has 0 saturated carbocycles. The quantitative estimate of drug-likeness (QED) is 0.693. The summed E-state index contributed by atoms with van der Waals surface area (Å²) in [7, 11) is 0. The number of benzene rings is 1. The second kappa shape index (κ2) is 6.15. The molecule has 0 atom stereocenters. The van der Waals surface area contributed by atoms with E-state index in [4.69, 9.17) is 16.3 Å². The number of carbonyl (C=O) groups excluding carboxylic acids is 1. The molecule has 0 N–H and O–H groups in total. The molecule has 22 heavy (non-hydrogen) atoms. The van der Waals surface area contributed by atoms with E-state index in [0.717, 1.165) is 5.56 Å². The highest BCUT2D eigenvalue weighted by molar-refractivity contribution is 6.33. The van der Waals surface area contributed by atoms with Gasteiger partial charge < -0.3 is 4.74 Å². The molecule has 3 aromatic rings. The van der Waals surface area contributed by atoms with Crippen LogP contribution in [0.15, 0.2) is 42.6 Å². The summed E-state index contributed by atoms with van der Waals surface area (Å²) in [6.45, 7) is 2.15. The van der Waals surface area contributed by atoms with E-state index in [0.29, 0.717) is 28.6 Å². The number of carbonyl (C=O) groups is 1. The molecular formula is C16H14ClN3O2. The van der Waals surface area contributed by atoms with Crippen molar-refractivity contribution in [1.82, 2.24) is 14.5 Å². The van der Waals surface area contributed by atoms with Crippen LogP contribution in [0.25, 0.3) is 22.6 Å². The molecule has 0 spiro atoms. The number of hydrogen-bond acceptors (Lipinski definition) is 4. The number of ether oxygens (including phenoxy) is 1. The van der Waals surface area contributed by atoms with E-state index in [1.807, 2.05) is 24.3 Å². The molecule has 2 heterocycles. The van der Waals surface area contributed by atoms with Crippen molar-refractivity contribution in [3.63, 3.8) is 0 Å². The Hall–Kier alpha value is -2.40. The van der Waals surface area contributed by atoms with Crippen LogP contribution in [0.3, 0.4) is 0 Å². The van der Waals surface area contributed by atoms with E-state index >= 15 is 0 Å². The van der Waals surface area contributed by atoms with Gasteiger partial charge in [0.1, 0.15) is 17.9 Å². The lowest BCUT2D eigenvalue weighted by Crippen LogP contribution is -2.14. The van der Waals surface area contributed by atoms with E-state index in [1.54, 1.807) is 29.8 Å². The van der Waals surface area contributed by atoms with Gasteiger partial charge in [0, 0.05) is 11.8 Å². The number of fused-ring (bicyclic) bond motifs is 1. The van der Waals surface area contributed by atoms with Gasteiger partial charge in [-0.15, -0.1) is 0 Å². The predicted molar refractivity (Wildman–Crippen MR) is 84.6 cm³/mol. The summed E-state index contributed by atoms with van der Waals surface area (Å²) >= 11 is 6.27. The highest BCUT2D eigenvalue weighted by Gasteiger charge is 2.18. The number of aromatic nitrogens is 3. The van der Waals surface area contributed by atoms with E-state index < -0.39 is 0 Å². The van der Waals surface area contributed by atoms with Gasteiger partial charge in [-0.2, -0.15) is 0 Å². The average molecular weight is 316 g/mol. The van der Waals surface area contributed by atoms with Gasteiger partial charge in [-0.25, -0.2) is 9.97 Å². The molecule has 0 aliphatic rings. The second-order valence-corrected chi connectivity index (χ2v) is 5.06. The van der Waals surface area contributed by atoms with Crippen LogP contribution in [0.5, 0.6) is 0 Å². The Morgan fingerprint density at radius 1 is 1.27 bits per heavy atom. The molecule has 6 heteroatoms. The third-order valence-electron chi connectivity index (χ3n) is 3.21. The number of halogens is 1. The number of rotatable bonds is 4. The van der Waals surface area contributed by atoms with Crippen LogP contribution < -0.4 is 0 Å². The van der Waals surface area contributed by atoms with Gasteiger partial charge in [0.2, 0.25) is 0 Å². The molecule has 0 fully saturated rings. The summed E-state index contributed by atoms with van der Waals surface area (Å²) < 4.78 is 6.77. The van der Waals surface area contributed by atoms with E-state index in [9.17, 15) is 4.79 Å². The minimum atomic E-state index is -0.333. The first-order chi connectivity index (χ1) is 10.7. The topological polar surface area (TPSA) is 57.0 Å². The molecule has 0 aliphatic heterocycles. The van der Waals surface area contributed by atoms with Crippen molar-refractivity contribution in [1.29, 1.82) is 0 Å². The number of imidazole rings is 1. The van der Waals surface area contributed by atoms with Crippen LogP contribution in [0.1, 0.15) is 6.92 Å². The van der Waals surface area contributed by atoms with Crippen molar-refractivity contribution in [3.8, 4) is 11.4 Å². The van der Waals surface area contributed by atoms with Gasteiger partial charge in [0.25, 0.3) is 0 Å². The van der Waals surface area contributed by atoms with Crippen LogP contribution in [-0.2, 0) is 16.1 Å². The zero-order chi connectivity index (χ0) is 15.5. The van der Waals surface area contributed by atoms with Gasteiger partial charge in [0.05, 0.1) is 11.6 Å². The van der Waals surface area contributed by atoms with Crippen molar-refractivity contribution >= 4 is 28.7 Å². The van der Waals surface area contributed by atoms with E-state index in [1.165, 1.54) is 0 Å². The summed E-state index contributed by atoms with van der Waals surface area (Å²) in [6, 6.07) is 11.0. The number of pyridine rings is 1. The summed E-state index contributed by atoms with van der Waals surface area (Å²) in [5.41, 5.74) is 2.10. The minimum Gasteiger partial charge on any atom is -0.465 e. The summed E-state index contributed by atoms with van der Waals surface area (Å²) in [5.74, 6) is 0.271. The maximum Gasteiger partial charge on any atom is 0.326 e. The van der Waals surface area contributed by atoms with E-state index in [-0.39, 0.29) is 12.5 Å². The molecule has 0 radical (unpaired) electrons. The zero-order valence-corrected chi connectivity index (χ0v) is 12.7. The summed E-state index contributed by atoms with van der Waals surface area (Å²) in [5, 5.41) is 0.572. The van der Waals surface area contributed by atoms with Gasteiger partial charge in [-0.3, -0.25) is 9.36 Å². The van der Waals surface area contributed by atoms with Crippen LogP contribution in [0.2, 0.25) is 5.02 Å². The highest BCUT2D eigenvalue weighted by atomic mass is 35.5. The zero-order valence-electron chi connectivity index (χ0n) is 12.0. The lowest BCUT2D eigenvalue weighted by Gasteiger charge is -2.09. The first-order valence-corrected chi connectivity index (χ1v) is 7.30. The van der Waals surface area contributed by atoms with Gasteiger partial charge in [-0.05, 0) is 31.2 Å². The molecule has 0 amide bonds. The molecule has 5 nitrogen and oxygen atoms in total. The number of nitrogens with zero attached hydrogens (tertiary/aromatic N) is 3. The minimum absolute atomic E-state index is 0.0436. The lowest BCUT2D eigenvalue weighted by molar-refractivity contribution is -0.143. The van der Waals surface area contributed by atoms with Crippen LogP contribution in [-0.4, -0.2) is 27.1 Å². The van der Waals surface area contributed by atoms with Crippen molar-refractivity contribution in [3.05, 3.63) is 47.6 Å². The summed E-state index contributed by atoms with van der Waals surface area (Å²) in [4.78, 5) is 20.8. The third kappa shape index (κ3) is 2.67. The Labute approximate surface area is 132 Å². The molecule has 112 valence electrons. The smallest absolute Gasteiger partial charge is 0.326 e. The number of esters is 1. The monoisotopic (exact) mass is 315 g/mol. The molecule has 3 rings (SSSR count). The van der Waals surface area contributed by atoms with Crippen molar-refractivity contribution in [2.45, 2.75) is 13.5 Å². The standard InChI is InChI=1S/C16H14ClN3O2/c1-2-22-14(21)10-20-15(11-6-3-4-7-12(11)17)19-13-8-5-9-18-16(13)20/h3-9H,2,10H2,1H3. The molecule has 2 aromatic heterocycles. The third-order valence-corrected chi connectivity index (χ3v) is 3.54. The van der Waals surface area contributed by atoms with Crippen LogP contribution in [0.4, 0.5) is 0 Å². The Morgan fingerprint density at radius 3 is 2.86 bits per heavy atom. The van der Waals surface area contributed by atoms with Gasteiger partial charge in [-0.1, -0.05) is 23.7 Å². The first-order valence-electron chi connectivity index (χ1n) is 6.92. The fraction of sp³-hybridized carbons (Fsp3) is 0.188. The Bertz CT molecular complexity index is 829. The lowest BCUT2D eigenvalue weighted by atomic mass is 10.2. The maximum atomic E-state index is 11.9. The fourth-order valence-corrected chi connectivity index (χ4v) is 2.51. The van der Waals surface area contributed by atoms with Gasteiger partial charge in [0.15, 0.2) is 5.65 Å². The fourth-order valence-electron chi connectivity index (χ4n) is 2.29. The number of hydrogen-bond donors (Lipinski definition) is 0. The largest absolute Gasteiger partial charge is 0.465 e. The van der Waals surface area contributed by atoms with Crippen LogP contribution in [0, 0.1) is 0 Å². The predicted octanol–water partition coefficient (Wildman–Crippen LogP) is 3.31. The second-order valence-electron chi connectivity index (χ2n) is 4.65. The summed E-state index contributed by atoms with van der Waals surface area (Å²) in [6.07, 6.45) is 1.67. The first kappa shape index (κ1) is 14.5. The molecule has 1 aromatic carbocycles. The van der Waals surface area contributed by atoms with Crippen molar-refractivity contribution in [2.24, 2.45) is 0 Å². The van der Waals surface area contributed by atoms with E-state index in [2.05, 4.69) is 9.97 Å². The Morgan fingerprint density at radius 2 is 2.09 bits per heavy atom. The Balaban J connectivity index is 2.17. The molecule has 0 saturated heterocycles. The van der Waals surface area contributed by atoms with Crippen LogP contribution >= 0.6 is 11.6 Å². The molecule has 0 unspecified atom stereocenters. The average Bonchev–Trinajstić information content (AvgIpc) is 2.87. The van der Waals surface area contributed by atoms with Crippen molar-refractivity contribution < 1.29 is 9.53 Å². The highest BCUT2D eigenvalue weighted by Crippen LogP contribution is 2.29. The van der Waals surface area contributed by atoms with Crippen molar-refractivity contribution in [2.75, 3.05) is 6.61 Å². The normalized spacial score (nSPS) is 10.8. The molecule has 0 aliphatic carbocycles. The Kier molecular flexibility index (Phi) is 4.06.